The smallest absolute Gasteiger partial charge is 0.266 e. The van der Waals surface area contributed by atoms with E-state index in [-0.39, 0.29) is 12.1 Å². The Hall–Kier alpha value is -1.37. The van der Waals surface area contributed by atoms with Crippen LogP contribution in [0.15, 0.2) is 29.3 Å². The molecule has 2 heterocycles. The maximum atomic E-state index is 13.0. The molecular weight excluding hydrogens is 299 g/mol. The molecule has 0 saturated heterocycles. The molecule has 0 unspecified atom stereocenters. The Morgan fingerprint density at radius 1 is 1.35 bits per heavy atom. The highest BCUT2D eigenvalue weighted by atomic mass is 79.9. The monoisotopic (exact) mass is 305 g/mol. The Morgan fingerprint density at radius 2 is 2.12 bits per heavy atom. The first-order valence-corrected chi connectivity index (χ1v) is 5.46. The van der Waals surface area contributed by atoms with E-state index in [1.54, 1.807) is 0 Å². The van der Waals surface area contributed by atoms with Crippen molar-refractivity contribution in [3.63, 3.8) is 0 Å². The van der Waals surface area contributed by atoms with Gasteiger partial charge in [0.1, 0.15) is 10.4 Å². The van der Waals surface area contributed by atoms with Gasteiger partial charge in [0.15, 0.2) is 0 Å². The van der Waals surface area contributed by atoms with E-state index in [4.69, 9.17) is 0 Å². The minimum absolute atomic E-state index is 0.162. The summed E-state index contributed by atoms with van der Waals surface area (Å²) in [4.78, 5) is 3.77. The van der Waals surface area contributed by atoms with E-state index in [2.05, 4.69) is 26.0 Å². The number of alkyl halides is 2. The SMILES string of the molecule is Fc1cnc(Br)c(Cn2cc(C(F)F)cn2)c1. The van der Waals surface area contributed by atoms with Gasteiger partial charge in [-0.05, 0) is 22.0 Å². The van der Waals surface area contributed by atoms with Crippen LogP contribution in [0.25, 0.3) is 0 Å². The minimum atomic E-state index is -2.56. The van der Waals surface area contributed by atoms with Crippen molar-refractivity contribution in [2.45, 2.75) is 13.0 Å². The second-order valence-electron chi connectivity index (χ2n) is 3.38. The van der Waals surface area contributed by atoms with E-state index in [1.165, 1.54) is 16.9 Å². The molecule has 0 fully saturated rings. The summed E-state index contributed by atoms with van der Waals surface area (Å²) >= 11 is 3.16. The summed E-state index contributed by atoms with van der Waals surface area (Å²) in [5.41, 5.74) is 0.374. The van der Waals surface area contributed by atoms with Gasteiger partial charge < -0.3 is 0 Å². The molecule has 0 spiro atoms. The fourth-order valence-electron chi connectivity index (χ4n) is 1.33. The van der Waals surface area contributed by atoms with E-state index in [0.717, 1.165) is 12.4 Å². The van der Waals surface area contributed by atoms with Crippen molar-refractivity contribution in [3.8, 4) is 0 Å². The zero-order valence-electron chi connectivity index (χ0n) is 8.45. The van der Waals surface area contributed by atoms with Gasteiger partial charge in [0.05, 0.1) is 24.5 Å². The molecule has 17 heavy (non-hydrogen) atoms. The summed E-state index contributed by atoms with van der Waals surface area (Å²) in [6, 6.07) is 1.28. The van der Waals surface area contributed by atoms with Crippen molar-refractivity contribution in [2.75, 3.05) is 0 Å². The van der Waals surface area contributed by atoms with Crippen LogP contribution >= 0.6 is 15.9 Å². The van der Waals surface area contributed by atoms with Crippen molar-refractivity contribution in [2.24, 2.45) is 0 Å². The molecule has 7 heteroatoms. The largest absolute Gasteiger partial charge is 0.268 e. The Labute approximate surface area is 103 Å². The molecule has 3 nitrogen and oxygen atoms in total. The standard InChI is InChI=1S/C10H7BrF3N3/c11-9-6(1-8(12)3-15-9)4-17-5-7(2-16-17)10(13)14/h1-3,5,10H,4H2. The second kappa shape index (κ2) is 4.87. The van der Waals surface area contributed by atoms with Crippen LogP contribution in [0.2, 0.25) is 0 Å². The lowest BCUT2D eigenvalue weighted by molar-refractivity contribution is 0.151. The molecule has 0 N–H and O–H groups in total. The van der Waals surface area contributed by atoms with Gasteiger partial charge in [-0.2, -0.15) is 5.10 Å². The van der Waals surface area contributed by atoms with Gasteiger partial charge in [0.25, 0.3) is 6.43 Å². The first-order valence-electron chi connectivity index (χ1n) is 4.66. The molecule has 0 aromatic carbocycles. The van der Waals surface area contributed by atoms with Gasteiger partial charge in [-0.1, -0.05) is 0 Å². The molecular formula is C10H7BrF3N3. The topological polar surface area (TPSA) is 30.7 Å². The number of nitrogens with zero attached hydrogens (tertiary/aromatic N) is 3. The second-order valence-corrected chi connectivity index (χ2v) is 4.13. The van der Waals surface area contributed by atoms with Gasteiger partial charge in [-0.3, -0.25) is 4.68 Å². The highest BCUT2D eigenvalue weighted by molar-refractivity contribution is 9.10. The maximum Gasteiger partial charge on any atom is 0.266 e. The maximum absolute atomic E-state index is 13.0. The van der Waals surface area contributed by atoms with Gasteiger partial charge >= 0.3 is 0 Å². The molecule has 2 rings (SSSR count). The third-order valence-electron chi connectivity index (χ3n) is 2.12. The number of hydrogen-bond acceptors (Lipinski definition) is 2. The molecule has 0 amide bonds. The first kappa shape index (κ1) is 12.1. The van der Waals surface area contributed by atoms with Crippen molar-refractivity contribution < 1.29 is 13.2 Å². The van der Waals surface area contributed by atoms with E-state index in [1.807, 2.05) is 0 Å². The summed E-state index contributed by atoms with van der Waals surface area (Å²) in [7, 11) is 0. The average molecular weight is 306 g/mol. The van der Waals surface area contributed by atoms with Crippen LogP contribution in [-0.2, 0) is 6.54 Å². The average Bonchev–Trinajstić information content (AvgIpc) is 2.72. The lowest BCUT2D eigenvalue weighted by atomic mass is 10.3. The molecule has 0 aliphatic carbocycles. The number of pyridine rings is 1. The predicted octanol–water partition coefficient (Wildman–Crippen LogP) is 3.17. The van der Waals surface area contributed by atoms with Crippen molar-refractivity contribution in [1.82, 2.24) is 14.8 Å². The molecule has 0 bridgehead atoms. The third kappa shape index (κ3) is 2.85. The number of hydrogen-bond donors (Lipinski definition) is 0. The Bertz CT molecular complexity index is 527. The zero-order valence-corrected chi connectivity index (χ0v) is 10.0. The van der Waals surface area contributed by atoms with E-state index >= 15 is 0 Å². The Morgan fingerprint density at radius 3 is 2.76 bits per heavy atom. The molecule has 2 aromatic rings. The van der Waals surface area contributed by atoms with Crippen molar-refractivity contribution >= 4 is 15.9 Å². The van der Waals surface area contributed by atoms with Crippen LogP contribution in [0, 0.1) is 5.82 Å². The summed E-state index contributed by atoms with van der Waals surface area (Å²) in [6.45, 7) is 0.179. The zero-order chi connectivity index (χ0) is 12.4. The van der Waals surface area contributed by atoms with Gasteiger partial charge in [0, 0.05) is 11.8 Å². The first-order chi connectivity index (χ1) is 8.06. The van der Waals surface area contributed by atoms with Crippen LogP contribution in [0.5, 0.6) is 0 Å². The van der Waals surface area contributed by atoms with Crippen molar-refractivity contribution in [3.05, 3.63) is 46.2 Å². The molecule has 0 saturated carbocycles. The van der Waals surface area contributed by atoms with Crippen LogP contribution in [0.1, 0.15) is 17.6 Å². The van der Waals surface area contributed by atoms with Gasteiger partial charge in [0.2, 0.25) is 0 Å². The normalized spacial score (nSPS) is 11.1. The summed E-state index contributed by atoms with van der Waals surface area (Å²) in [5.74, 6) is -0.482. The van der Waals surface area contributed by atoms with E-state index in [9.17, 15) is 13.2 Å². The number of halogens is 4. The fourth-order valence-corrected chi connectivity index (χ4v) is 1.67. The third-order valence-corrected chi connectivity index (χ3v) is 2.83. The quantitative estimate of drug-likeness (QED) is 0.816. The van der Waals surface area contributed by atoms with Crippen LogP contribution in [0.3, 0.4) is 0 Å². The molecule has 0 aliphatic heterocycles. The molecule has 2 aromatic heterocycles. The van der Waals surface area contributed by atoms with Crippen molar-refractivity contribution in [1.29, 1.82) is 0 Å². The lowest BCUT2D eigenvalue weighted by Crippen LogP contribution is -2.02. The summed E-state index contributed by atoms with van der Waals surface area (Å²) < 4.78 is 39.4. The van der Waals surface area contributed by atoms with Crippen LogP contribution < -0.4 is 0 Å². The van der Waals surface area contributed by atoms with E-state index < -0.39 is 12.2 Å². The Kier molecular flexibility index (Phi) is 3.46. The lowest BCUT2D eigenvalue weighted by Gasteiger charge is -2.03. The summed E-state index contributed by atoms with van der Waals surface area (Å²) in [6.07, 6.45) is 0.826. The predicted molar refractivity (Wildman–Crippen MR) is 58.2 cm³/mol. The van der Waals surface area contributed by atoms with Crippen LogP contribution in [0.4, 0.5) is 13.2 Å². The van der Waals surface area contributed by atoms with E-state index in [0.29, 0.717) is 10.2 Å². The number of rotatable bonds is 3. The Balaban J connectivity index is 2.22. The summed E-state index contributed by atoms with van der Waals surface area (Å²) in [5, 5.41) is 3.77. The number of aromatic nitrogens is 3. The molecule has 0 atom stereocenters. The van der Waals surface area contributed by atoms with Gasteiger partial charge in [-0.15, -0.1) is 0 Å². The highest BCUT2D eigenvalue weighted by Crippen LogP contribution is 2.19. The molecule has 0 radical (unpaired) electrons. The van der Waals surface area contributed by atoms with Gasteiger partial charge in [-0.25, -0.2) is 18.2 Å². The molecule has 0 aliphatic rings. The fraction of sp³-hybridized carbons (Fsp3) is 0.200. The van der Waals surface area contributed by atoms with Crippen LogP contribution in [-0.4, -0.2) is 14.8 Å². The highest BCUT2D eigenvalue weighted by Gasteiger charge is 2.11. The minimum Gasteiger partial charge on any atom is -0.268 e. The molecule has 90 valence electrons.